The Morgan fingerprint density at radius 1 is 1.25 bits per heavy atom. The van der Waals surface area contributed by atoms with Crippen LogP contribution in [0.1, 0.15) is 44.1 Å². The quantitative estimate of drug-likeness (QED) is 0.824. The van der Waals surface area contributed by atoms with Crippen molar-refractivity contribution in [2.24, 2.45) is 0 Å². The van der Waals surface area contributed by atoms with Crippen LogP contribution in [0.5, 0.6) is 0 Å². The van der Waals surface area contributed by atoms with Crippen LogP contribution in [0, 0.1) is 0 Å². The van der Waals surface area contributed by atoms with E-state index in [1.807, 2.05) is 12.1 Å². The summed E-state index contributed by atoms with van der Waals surface area (Å²) in [6.45, 7) is 1.07. The second-order valence-corrected chi connectivity index (χ2v) is 5.74. The summed E-state index contributed by atoms with van der Waals surface area (Å²) in [5.74, 6) is -0.379. The van der Waals surface area contributed by atoms with E-state index in [9.17, 15) is 4.79 Å². The molecule has 2 aromatic rings. The normalized spacial score (nSPS) is 16.8. The Hall–Kier alpha value is -1.55. The highest BCUT2D eigenvalue weighted by Gasteiger charge is 2.11. The van der Waals surface area contributed by atoms with Gasteiger partial charge in [0, 0.05) is 6.04 Å². The van der Waals surface area contributed by atoms with Gasteiger partial charge in [-0.05, 0) is 49.9 Å². The summed E-state index contributed by atoms with van der Waals surface area (Å²) >= 11 is 0. The average Bonchev–Trinajstić information content (AvgIpc) is 2.84. The third-order valence-corrected chi connectivity index (χ3v) is 4.17. The first-order valence-electron chi connectivity index (χ1n) is 7.66. The minimum absolute atomic E-state index is 0.379. The Bertz CT molecular complexity index is 608. The predicted molar refractivity (Wildman–Crippen MR) is 80.0 cm³/mol. The SMILES string of the molecule is O=c1[nH]c2ccc(CCCNC3CCCCC3)cc2o1. The van der Waals surface area contributed by atoms with E-state index in [1.54, 1.807) is 0 Å². The van der Waals surface area contributed by atoms with Crippen molar-refractivity contribution < 1.29 is 4.42 Å². The topological polar surface area (TPSA) is 58.0 Å². The number of H-pyrrole nitrogens is 1. The molecule has 4 nitrogen and oxygen atoms in total. The Morgan fingerprint density at radius 3 is 2.95 bits per heavy atom. The number of nitrogens with one attached hydrogen (secondary N) is 2. The smallest absolute Gasteiger partial charge is 0.408 e. The lowest BCUT2D eigenvalue weighted by Gasteiger charge is -2.22. The summed E-state index contributed by atoms with van der Waals surface area (Å²) in [6, 6.07) is 6.68. The Morgan fingerprint density at radius 2 is 2.10 bits per heavy atom. The van der Waals surface area contributed by atoms with Crippen molar-refractivity contribution in [3.8, 4) is 0 Å². The fourth-order valence-corrected chi connectivity index (χ4v) is 3.05. The molecular formula is C16H22N2O2. The number of benzene rings is 1. The zero-order valence-corrected chi connectivity index (χ0v) is 11.8. The molecule has 1 aromatic carbocycles. The maximum atomic E-state index is 11.1. The van der Waals surface area contributed by atoms with Crippen LogP contribution in [0.4, 0.5) is 0 Å². The van der Waals surface area contributed by atoms with Gasteiger partial charge in [-0.25, -0.2) is 4.79 Å². The third-order valence-electron chi connectivity index (χ3n) is 4.17. The third kappa shape index (κ3) is 3.31. The van der Waals surface area contributed by atoms with E-state index in [4.69, 9.17) is 4.42 Å². The van der Waals surface area contributed by atoms with Crippen LogP contribution >= 0.6 is 0 Å². The minimum Gasteiger partial charge on any atom is -0.408 e. The lowest BCUT2D eigenvalue weighted by Crippen LogP contribution is -2.31. The highest BCUT2D eigenvalue weighted by Crippen LogP contribution is 2.17. The zero-order valence-electron chi connectivity index (χ0n) is 11.8. The van der Waals surface area contributed by atoms with Gasteiger partial charge in [0.1, 0.15) is 0 Å². The van der Waals surface area contributed by atoms with E-state index >= 15 is 0 Å². The predicted octanol–water partition coefficient (Wildman–Crippen LogP) is 2.98. The van der Waals surface area contributed by atoms with Gasteiger partial charge in [0.05, 0.1) is 5.52 Å². The summed E-state index contributed by atoms with van der Waals surface area (Å²) in [5.41, 5.74) is 2.66. The molecule has 20 heavy (non-hydrogen) atoms. The highest BCUT2D eigenvalue weighted by molar-refractivity contribution is 5.72. The molecule has 2 N–H and O–H groups in total. The maximum absolute atomic E-state index is 11.1. The van der Waals surface area contributed by atoms with Crippen LogP contribution in [0.3, 0.4) is 0 Å². The first kappa shape index (κ1) is 13.4. The summed E-state index contributed by atoms with van der Waals surface area (Å²) in [7, 11) is 0. The van der Waals surface area contributed by atoms with Crippen molar-refractivity contribution in [1.82, 2.24) is 10.3 Å². The van der Waals surface area contributed by atoms with Crippen molar-refractivity contribution in [3.63, 3.8) is 0 Å². The van der Waals surface area contributed by atoms with E-state index < -0.39 is 0 Å². The molecule has 1 aromatic heterocycles. The van der Waals surface area contributed by atoms with Gasteiger partial charge >= 0.3 is 5.76 Å². The number of hydrogen-bond acceptors (Lipinski definition) is 3. The molecule has 108 valence electrons. The molecule has 0 aliphatic heterocycles. The molecule has 1 fully saturated rings. The van der Waals surface area contributed by atoms with E-state index in [0.717, 1.165) is 30.9 Å². The van der Waals surface area contributed by atoms with Crippen LogP contribution in [0.25, 0.3) is 11.1 Å². The number of rotatable bonds is 5. The molecule has 3 rings (SSSR count). The molecule has 0 atom stereocenters. The van der Waals surface area contributed by atoms with Crippen LogP contribution < -0.4 is 11.1 Å². The first-order valence-corrected chi connectivity index (χ1v) is 7.66. The molecule has 1 saturated carbocycles. The molecule has 0 spiro atoms. The van der Waals surface area contributed by atoms with Gasteiger partial charge in [-0.15, -0.1) is 0 Å². The van der Waals surface area contributed by atoms with Gasteiger partial charge in [0.15, 0.2) is 5.58 Å². The fourth-order valence-electron chi connectivity index (χ4n) is 3.05. The van der Waals surface area contributed by atoms with Crippen molar-refractivity contribution in [3.05, 3.63) is 34.3 Å². The summed E-state index contributed by atoms with van der Waals surface area (Å²) in [6.07, 6.45) is 8.96. The summed E-state index contributed by atoms with van der Waals surface area (Å²) < 4.78 is 5.08. The minimum atomic E-state index is -0.379. The van der Waals surface area contributed by atoms with Gasteiger partial charge in [0.2, 0.25) is 0 Å². The molecule has 1 heterocycles. The maximum Gasteiger partial charge on any atom is 0.417 e. The molecule has 0 bridgehead atoms. The fraction of sp³-hybridized carbons (Fsp3) is 0.562. The zero-order chi connectivity index (χ0) is 13.8. The lowest BCUT2D eigenvalue weighted by atomic mass is 9.95. The monoisotopic (exact) mass is 274 g/mol. The van der Waals surface area contributed by atoms with Crippen LogP contribution in [-0.4, -0.2) is 17.6 Å². The van der Waals surface area contributed by atoms with E-state index in [0.29, 0.717) is 5.58 Å². The number of oxazole rings is 1. The Kier molecular flexibility index (Phi) is 4.21. The number of aromatic nitrogens is 1. The molecule has 1 aliphatic rings. The van der Waals surface area contributed by atoms with E-state index in [1.165, 1.54) is 37.7 Å². The van der Waals surface area contributed by atoms with Crippen LogP contribution in [0.2, 0.25) is 0 Å². The summed E-state index contributed by atoms with van der Waals surface area (Å²) in [4.78, 5) is 13.8. The van der Waals surface area contributed by atoms with Crippen molar-refractivity contribution in [2.45, 2.75) is 51.0 Å². The molecule has 0 amide bonds. The average molecular weight is 274 g/mol. The molecule has 1 aliphatic carbocycles. The van der Waals surface area contributed by atoms with Crippen LogP contribution in [-0.2, 0) is 6.42 Å². The first-order chi connectivity index (χ1) is 9.81. The van der Waals surface area contributed by atoms with Crippen molar-refractivity contribution in [1.29, 1.82) is 0 Å². The Balaban J connectivity index is 1.48. The van der Waals surface area contributed by atoms with E-state index in [2.05, 4.69) is 16.4 Å². The van der Waals surface area contributed by atoms with Gasteiger partial charge < -0.3 is 9.73 Å². The van der Waals surface area contributed by atoms with Crippen molar-refractivity contribution >= 4 is 11.1 Å². The second-order valence-electron chi connectivity index (χ2n) is 5.74. The standard InChI is InChI=1S/C16H22N2O2/c19-16-18-14-9-8-12(11-15(14)20-16)5-4-10-17-13-6-2-1-3-7-13/h8-9,11,13,17H,1-7,10H2,(H,18,19). The molecule has 0 saturated heterocycles. The number of aromatic amines is 1. The molecule has 0 unspecified atom stereocenters. The van der Waals surface area contributed by atoms with Crippen molar-refractivity contribution in [2.75, 3.05) is 6.54 Å². The second kappa shape index (κ2) is 6.27. The number of aryl methyl sites for hydroxylation is 1. The van der Waals surface area contributed by atoms with Crippen LogP contribution in [0.15, 0.2) is 27.4 Å². The van der Waals surface area contributed by atoms with Gasteiger partial charge in [-0.2, -0.15) is 0 Å². The van der Waals surface area contributed by atoms with Gasteiger partial charge in [-0.1, -0.05) is 25.3 Å². The number of fused-ring (bicyclic) bond motifs is 1. The summed E-state index contributed by atoms with van der Waals surface area (Å²) in [5, 5.41) is 3.65. The Labute approximate surface area is 118 Å². The molecular weight excluding hydrogens is 252 g/mol. The highest BCUT2D eigenvalue weighted by atomic mass is 16.4. The van der Waals surface area contributed by atoms with Gasteiger partial charge in [0.25, 0.3) is 0 Å². The van der Waals surface area contributed by atoms with Gasteiger partial charge in [-0.3, -0.25) is 4.98 Å². The lowest BCUT2D eigenvalue weighted by molar-refractivity contribution is 0.372. The van der Waals surface area contributed by atoms with E-state index in [-0.39, 0.29) is 5.76 Å². The largest absolute Gasteiger partial charge is 0.417 e. The number of hydrogen-bond donors (Lipinski definition) is 2. The molecule has 4 heteroatoms. The molecule has 0 radical (unpaired) electrons.